The molecule has 2 aliphatic carbocycles. The highest BCUT2D eigenvalue weighted by atomic mass is 16.5. The van der Waals surface area contributed by atoms with E-state index >= 15 is 0 Å². The highest BCUT2D eigenvalue weighted by Gasteiger charge is 2.37. The maximum Gasteiger partial charge on any atom is 0.407 e. The maximum atomic E-state index is 13.1. The smallest absolute Gasteiger partial charge is 0.407 e. The van der Waals surface area contributed by atoms with Crippen LogP contribution in [0.3, 0.4) is 0 Å². The van der Waals surface area contributed by atoms with Gasteiger partial charge in [0.15, 0.2) is 0 Å². The van der Waals surface area contributed by atoms with Crippen LogP contribution in [0.1, 0.15) is 62.0 Å². The van der Waals surface area contributed by atoms with Crippen molar-refractivity contribution in [3.8, 4) is 11.1 Å². The van der Waals surface area contributed by atoms with E-state index < -0.39 is 12.1 Å². The van der Waals surface area contributed by atoms with Crippen molar-refractivity contribution in [3.05, 3.63) is 59.7 Å². The zero-order chi connectivity index (χ0) is 24.4. The van der Waals surface area contributed by atoms with E-state index in [1.54, 1.807) is 4.90 Å². The number of carbonyl (C=O) groups is 3. The number of carboxylic acid groups (broad SMARTS) is 1. The molecule has 3 unspecified atom stereocenters. The molecular weight excluding hydrogens is 444 g/mol. The summed E-state index contributed by atoms with van der Waals surface area (Å²) in [6.07, 6.45) is 4.14. The second kappa shape index (κ2) is 10.1. The van der Waals surface area contributed by atoms with Gasteiger partial charge in [-0.2, -0.15) is 0 Å². The quantitative estimate of drug-likeness (QED) is 0.638. The summed E-state index contributed by atoms with van der Waals surface area (Å²) < 4.78 is 5.69. The van der Waals surface area contributed by atoms with E-state index in [9.17, 15) is 14.4 Å². The summed E-state index contributed by atoms with van der Waals surface area (Å²) in [5.74, 6) is -1.01. The molecule has 3 atom stereocenters. The zero-order valence-corrected chi connectivity index (χ0v) is 19.8. The first-order valence-electron chi connectivity index (χ1n) is 12.6. The number of likely N-dealkylation sites (tertiary alicyclic amines) is 1. The van der Waals surface area contributed by atoms with Crippen molar-refractivity contribution in [2.24, 2.45) is 5.92 Å². The van der Waals surface area contributed by atoms with Gasteiger partial charge in [0.05, 0.1) is 6.42 Å². The average Bonchev–Trinajstić information content (AvgIpc) is 3.44. The van der Waals surface area contributed by atoms with E-state index in [2.05, 4.69) is 29.6 Å². The number of nitrogens with one attached hydrogen (secondary N) is 1. The van der Waals surface area contributed by atoms with E-state index in [0.29, 0.717) is 13.0 Å². The molecule has 1 saturated carbocycles. The fourth-order valence-electron chi connectivity index (χ4n) is 6.13. The molecule has 1 aliphatic heterocycles. The van der Waals surface area contributed by atoms with E-state index in [4.69, 9.17) is 9.84 Å². The lowest BCUT2D eigenvalue weighted by Gasteiger charge is -2.33. The Hall–Kier alpha value is -3.35. The molecule has 1 saturated heterocycles. The Morgan fingerprint density at radius 1 is 0.943 bits per heavy atom. The van der Waals surface area contributed by atoms with Gasteiger partial charge in [0.2, 0.25) is 5.91 Å². The van der Waals surface area contributed by atoms with E-state index in [0.717, 1.165) is 32.1 Å². The van der Waals surface area contributed by atoms with Crippen LogP contribution in [0.25, 0.3) is 11.1 Å². The van der Waals surface area contributed by atoms with Crippen LogP contribution in [0.4, 0.5) is 4.79 Å². The van der Waals surface area contributed by atoms with E-state index in [1.807, 2.05) is 24.3 Å². The summed E-state index contributed by atoms with van der Waals surface area (Å²) in [4.78, 5) is 38.8. The molecule has 184 valence electrons. The van der Waals surface area contributed by atoms with Gasteiger partial charge in [-0.25, -0.2) is 4.79 Å². The Kier molecular flexibility index (Phi) is 6.75. The van der Waals surface area contributed by atoms with Crippen LogP contribution in [0.2, 0.25) is 0 Å². The van der Waals surface area contributed by atoms with Gasteiger partial charge in [-0.05, 0) is 54.4 Å². The molecule has 7 heteroatoms. The Morgan fingerprint density at radius 2 is 1.63 bits per heavy atom. The summed E-state index contributed by atoms with van der Waals surface area (Å²) in [5.41, 5.74) is 4.72. The Labute approximate surface area is 205 Å². The predicted octanol–water partition coefficient (Wildman–Crippen LogP) is 4.55. The summed E-state index contributed by atoms with van der Waals surface area (Å²) in [6, 6.07) is 16.1. The predicted molar refractivity (Wildman–Crippen MR) is 131 cm³/mol. The topological polar surface area (TPSA) is 95.9 Å². The Morgan fingerprint density at radius 3 is 2.31 bits per heavy atom. The molecule has 2 amide bonds. The summed E-state index contributed by atoms with van der Waals surface area (Å²) in [7, 11) is 0. The first kappa shape index (κ1) is 23.4. The van der Waals surface area contributed by atoms with Gasteiger partial charge in [0.1, 0.15) is 6.61 Å². The van der Waals surface area contributed by atoms with E-state index in [1.165, 1.54) is 22.3 Å². The normalized spacial score (nSPS) is 23.4. The van der Waals surface area contributed by atoms with Crippen LogP contribution in [-0.4, -0.2) is 53.2 Å². The third kappa shape index (κ3) is 4.90. The van der Waals surface area contributed by atoms with Crippen molar-refractivity contribution in [1.29, 1.82) is 0 Å². The number of nitrogens with zero attached hydrogens (tertiary/aromatic N) is 1. The molecule has 1 heterocycles. The number of aliphatic carboxylic acids is 1. The summed E-state index contributed by atoms with van der Waals surface area (Å²) >= 11 is 0. The van der Waals surface area contributed by atoms with Crippen molar-refractivity contribution < 1.29 is 24.2 Å². The van der Waals surface area contributed by atoms with Gasteiger partial charge in [0.25, 0.3) is 0 Å². The van der Waals surface area contributed by atoms with Crippen LogP contribution in [-0.2, 0) is 14.3 Å². The number of hydrogen-bond donors (Lipinski definition) is 2. The Balaban J connectivity index is 1.17. The van der Waals surface area contributed by atoms with Gasteiger partial charge in [0, 0.05) is 30.5 Å². The maximum absolute atomic E-state index is 13.1. The fourth-order valence-corrected chi connectivity index (χ4v) is 6.13. The number of carbonyl (C=O) groups excluding carboxylic acids is 2. The minimum absolute atomic E-state index is 0.000111. The van der Waals surface area contributed by atoms with Crippen LogP contribution in [0, 0.1) is 5.92 Å². The van der Waals surface area contributed by atoms with Crippen molar-refractivity contribution >= 4 is 18.0 Å². The van der Waals surface area contributed by atoms with Crippen LogP contribution >= 0.6 is 0 Å². The minimum Gasteiger partial charge on any atom is -0.481 e. The van der Waals surface area contributed by atoms with Gasteiger partial charge in [-0.3, -0.25) is 9.59 Å². The highest BCUT2D eigenvalue weighted by Crippen LogP contribution is 2.44. The fraction of sp³-hybridized carbons (Fsp3) is 0.464. The van der Waals surface area contributed by atoms with Crippen molar-refractivity contribution in [3.63, 3.8) is 0 Å². The van der Waals surface area contributed by atoms with Crippen molar-refractivity contribution in [2.75, 3.05) is 13.2 Å². The lowest BCUT2D eigenvalue weighted by Crippen LogP contribution is -2.45. The van der Waals surface area contributed by atoms with E-state index in [-0.39, 0.29) is 42.9 Å². The molecule has 2 aromatic carbocycles. The van der Waals surface area contributed by atoms with Gasteiger partial charge in [-0.15, -0.1) is 0 Å². The monoisotopic (exact) mass is 476 g/mol. The molecule has 2 fully saturated rings. The first-order valence-corrected chi connectivity index (χ1v) is 12.6. The van der Waals surface area contributed by atoms with Gasteiger partial charge in [-0.1, -0.05) is 55.0 Å². The zero-order valence-electron chi connectivity index (χ0n) is 19.8. The molecule has 0 spiro atoms. The first-order chi connectivity index (χ1) is 17.0. The molecule has 0 radical (unpaired) electrons. The molecule has 2 N–H and O–H groups in total. The highest BCUT2D eigenvalue weighted by molar-refractivity contribution is 5.81. The Bertz CT molecular complexity index is 1070. The van der Waals surface area contributed by atoms with Crippen LogP contribution in [0.5, 0.6) is 0 Å². The molecule has 3 aliphatic rings. The lowest BCUT2D eigenvalue weighted by molar-refractivity contribution is -0.142. The molecule has 0 bridgehead atoms. The molecule has 2 aromatic rings. The number of rotatable bonds is 6. The molecule has 35 heavy (non-hydrogen) atoms. The lowest BCUT2D eigenvalue weighted by atomic mass is 9.84. The van der Waals surface area contributed by atoms with Crippen LogP contribution < -0.4 is 5.32 Å². The summed E-state index contributed by atoms with van der Waals surface area (Å²) in [5, 5.41) is 12.1. The van der Waals surface area contributed by atoms with Crippen molar-refractivity contribution in [2.45, 2.75) is 62.9 Å². The SMILES string of the molecule is O=C(O)CC1CCCN1C(=O)C1CCCC(NC(=O)OCC2c3ccccc3-c3ccccc32)C1. The molecule has 7 nitrogen and oxygen atoms in total. The van der Waals surface area contributed by atoms with Crippen LogP contribution in [0.15, 0.2) is 48.5 Å². The number of carboxylic acids is 1. The number of amides is 2. The summed E-state index contributed by atoms with van der Waals surface area (Å²) in [6.45, 7) is 0.886. The standard InChI is InChI=1S/C28H32N2O5/c31-26(32)16-20-9-6-14-30(20)27(33)18-7-5-8-19(15-18)29-28(34)35-17-25-23-12-3-1-10-21(23)22-11-2-4-13-24(22)25/h1-4,10-13,18-20,25H,5-9,14-17H2,(H,29,34)(H,31,32). The molecule has 0 aromatic heterocycles. The second-order valence-electron chi connectivity index (χ2n) is 9.96. The number of hydrogen-bond acceptors (Lipinski definition) is 4. The minimum atomic E-state index is -0.867. The second-order valence-corrected chi connectivity index (χ2v) is 9.96. The molecular formula is C28H32N2O5. The largest absolute Gasteiger partial charge is 0.481 e. The molecule has 5 rings (SSSR count). The van der Waals surface area contributed by atoms with Gasteiger partial charge < -0.3 is 20.1 Å². The van der Waals surface area contributed by atoms with Gasteiger partial charge >= 0.3 is 12.1 Å². The number of fused-ring (bicyclic) bond motifs is 3. The van der Waals surface area contributed by atoms with Crippen molar-refractivity contribution in [1.82, 2.24) is 10.2 Å². The number of benzene rings is 2. The third-order valence-corrected chi connectivity index (χ3v) is 7.76. The number of alkyl carbamates (subject to hydrolysis) is 1. The number of ether oxygens (including phenoxy) is 1. The average molecular weight is 477 g/mol. The third-order valence-electron chi connectivity index (χ3n) is 7.76.